The summed E-state index contributed by atoms with van der Waals surface area (Å²) < 4.78 is 4.97. The molecule has 0 fully saturated rings. The second-order valence-corrected chi connectivity index (χ2v) is 4.68. The molecular formula is C18H17NO4. The van der Waals surface area contributed by atoms with Crippen molar-refractivity contribution in [2.75, 3.05) is 11.9 Å². The Hall–Kier alpha value is -3.08. The minimum Gasteiger partial charge on any atom is -0.508 e. The molecule has 23 heavy (non-hydrogen) atoms. The third-order valence-electron chi connectivity index (χ3n) is 2.98. The Bertz CT molecular complexity index is 706. The second-order valence-electron chi connectivity index (χ2n) is 4.68. The lowest BCUT2D eigenvalue weighted by molar-refractivity contribution is -0.138. The van der Waals surface area contributed by atoms with Crippen molar-refractivity contribution in [1.29, 1.82) is 0 Å². The van der Waals surface area contributed by atoms with Gasteiger partial charge in [0.15, 0.2) is 5.78 Å². The van der Waals surface area contributed by atoms with Crippen molar-refractivity contribution in [1.82, 2.24) is 0 Å². The van der Waals surface area contributed by atoms with Crippen molar-refractivity contribution in [2.24, 2.45) is 0 Å². The first kappa shape index (κ1) is 16.3. The summed E-state index contributed by atoms with van der Waals surface area (Å²) in [5, 5.41) is 12.2. The van der Waals surface area contributed by atoms with E-state index in [4.69, 9.17) is 4.74 Å². The lowest BCUT2D eigenvalue weighted by Crippen LogP contribution is -2.16. The van der Waals surface area contributed by atoms with Crippen molar-refractivity contribution in [3.8, 4) is 5.75 Å². The summed E-state index contributed by atoms with van der Waals surface area (Å²) in [6.45, 7) is 1.90. The lowest BCUT2D eigenvalue weighted by atomic mass is 10.1. The lowest BCUT2D eigenvalue weighted by Gasteiger charge is -2.10. The fourth-order valence-corrected chi connectivity index (χ4v) is 1.87. The van der Waals surface area contributed by atoms with Gasteiger partial charge in [-0.25, -0.2) is 4.79 Å². The highest BCUT2D eigenvalue weighted by molar-refractivity contribution is 6.09. The SMILES string of the molecule is CCOC(=O)C(=CC(=O)c1ccc(O)cc1)Nc1ccccc1. The number of carbonyl (C=O) groups excluding carboxylic acids is 2. The van der Waals surface area contributed by atoms with E-state index in [1.165, 1.54) is 30.3 Å². The molecule has 0 saturated heterocycles. The fraction of sp³-hybridized carbons (Fsp3) is 0.111. The van der Waals surface area contributed by atoms with Crippen molar-refractivity contribution in [3.63, 3.8) is 0 Å². The minimum absolute atomic E-state index is 0.0520. The van der Waals surface area contributed by atoms with Crippen LogP contribution in [0.1, 0.15) is 17.3 Å². The molecule has 118 valence electrons. The van der Waals surface area contributed by atoms with E-state index >= 15 is 0 Å². The molecule has 0 amide bonds. The van der Waals surface area contributed by atoms with E-state index in [0.29, 0.717) is 11.3 Å². The topological polar surface area (TPSA) is 75.6 Å². The van der Waals surface area contributed by atoms with Crippen LogP contribution >= 0.6 is 0 Å². The summed E-state index contributed by atoms with van der Waals surface area (Å²) in [6, 6.07) is 14.8. The normalized spacial score (nSPS) is 10.9. The summed E-state index contributed by atoms with van der Waals surface area (Å²) in [4.78, 5) is 24.3. The molecule has 0 aliphatic carbocycles. The van der Waals surface area contributed by atoms with Gasteiger partial charge in [0.05, 0.1) is 6.61 Å². The predicted octanol–water partition coefficient (Wildman–Crippen LogP) is 3.13. The summed E-state index contributed by atoms with van der Waals surface area (Å²) >= 11 is 0. The molecule has 0 atom stereocenters. The van der Waals surface area contributed by atoms with Crippen molar-refractivity contribution in [3.05, 3.63) is 71.9 Å². The van der Waals surface area contributed by atoms with Crippen LogP contribution in [0.2, 0.25) is 0 Å². The average Bonchev–Trinajstić information content (AvgIpc) is 2.56. The van der Waals surface area contributed by atoms with E-state index in [-0.39, 0.29) is 23.8 Å². The van der Waals surface area contributed by atoms with E-state index in [1.807, 2.05) is 18.2 Å². The number of para-hydroxylation sites is 1. The van der Waals surface area contributed by atoms with E-state index in [9.17, 15) is 14.7 Å². The Morgan fingerprint density at radius 1 is 1.09 bits per heavy atom. The number of allylic oxidation sites excluding steroid dienone is 1. The zero-order valence-corrected chi connectivity index (χ0v) is 12.7. The third kappa shape index (κ3) is 4.71. The van der Waals surface area contributed by atoms with Gasteiger partial charge in [-0.05, 0) is 43.3 Å². The molecule has 0 bridgehead atoms. The number of ether oxygens (including phenoxy) is 1. The molecule has 5 nitrogen and oxygen atoms in total. The van der Waals surface area contributed by atoms with Gasteiger partial charge in [-0.1, -0.05) is 18.2 Å². The highest BCUT2D eigenvalue weighted by Crippen LogP contribution is 2.14. The van der Waals surface area contributed by atoms with Gasteiger partial charge in [-0.15, -0.1) is 0 Å². The van der Waals surface area contributed by atoms with Gasteiger partial charge in [-0.2, -0.15) is 0 Å². The van der Waals surface area contributed by atoms with Crippen molar-refractivity contribution >= 4 is 17.4 Å². The van der Waals surface area contributed by atoms with E-state index in [1.54, 1.807) is 19.1 Å². The number of ketones is 1. The van der Waals surface area contributed by atoms with Gasteiger partial charge in [0, 0.05) is 17.3 Å². The molecule has 0 aliphatic heterocycles. The van der Waals surface area contributed by atoms with Gasteiger partial charge in [-0.3, -0.25) is 4.79 Å². The molecule has 0 saturated carbocycles. The Balaban J connectivity index is 2.26. The highest BCUT2D eigenvalue weighted by Gasteiger charge is 2.14. The van der Waals surface area contributed by atoms with E-state index in [2.05, 4.69) is 5.32 Å². The molecule has 5 heteroatoms. The first-order valence-corrected chi connectivity index (χ1v) is 7.14. The van der Waals surface area contributed by atoms with Gasteiger partial charge in [0.2, 0.25) is 0 Å². The van der Waals surface area contributed by atoms with Crippen LogP contribution in [-0.4, -0.2) is 23.5 Å². The van der Waals surface area contributed by atoms with Gasteiger partial charge < -0.3 is 15.2 Å². The quantitative estimate of drug-likeness (QED) is 0.487. The largest absolute Gasteiger partial charge is 0.508 e. The van der Waals surface area contributed by atoms with Gasteiger partial charge in [0.1, 0.15) is 11.4 Å². The van der Waals surface area contributed by atoms with Crippen LogP contribution in [-0.2, 0) is 9.53 Å². The van der Waals surface area contributed by atoms with Gasteiger partial charge >= 0.3 is 5.97 Å². The highest BCUT2D eigenvalue weighted by atomic mass is 16.5. The van der Waals surface area contributed by atoms with Crippen LogP contribution < -0.4 is 5.32 Å². The van der Waals surface area contributed by atoms with Crippen LogP contribution in [0.4, 0.5) is 5.69 Å². The van der Waals surface area contributed by atoms with E-state index < -0.39 is 5.97 Å². The van der Waals surface area contributed by atoms with Gasteiger partial charge in [0.25, 0.3) is 0 Å². The van der Waals surface area contributed by atoms with Crippen molar-refractivity contribution in [2.45, 2.75) is 6.92 Å². The Morgan fingerprint density at radius 3 is 2.35 bits per heavy atom. The minimum atomic E-state index is -0.608. The van der Waals surface area contributed by atoms with Crippen molar-refractivity contribution < 1.29 is 19.4 Å². The number of nitrogens with one attached hydrogen (secondary N) is 1. The number of phenols is 1. The number of carbonyl (C=O) groups is 2. The molecule has 0 unspecified atom stereocenters. The van der Waals surface area contributed by atoms with Crippen LogP contribution in [0.15, 0.2) is 66.4 Å². The number of benzene rings is 2. The summed E-state index contributed by atoms with van der Waals surface area (Å²) in [7, 11) is 0. The number of rotatable bonds is 6. The fourth-order valence-electron chi connectivity index (χ4n) is 1.87. The molecule has 0 aromatic heterocycles. The second kappa shape index (κ2) is 7.79. The van der Waals surface area contributed by atoms with Crippen LogP contribution in [0.5, 0.6) is 5.75 Å². The zero-order chi connectivity index (χ0) is 16.7. The third-order valence-corrected chi connectivity index (χ3v) is 2.98. The van der Waals surface area contributed by atoms with Crippen LogP contribution in [0.3, 0.4) is 0 Å². The standard InChI is InChI=1S/C18H17NO4/c1-2-23-18(22)16(19-14-6-4-3-5-7-14)12-17(21)13-8-10-15(20)11-9-13/h3-12,19-20H,2H2,1H3. The molecule has 2 aromatic carbocycles. The monoisotopic (exact) mass is 311 g/mol. The van der Waals surface area contributed by atoms with Crippen LogP contribution in [0.25, 0.3) is 0 Å². The molecule has 0 spiro atoms. The molecule has 0 radical (unpaired) electrons. The maximum Gasteiger partial charge on any atom is 0.354 e. The molecule has 2 rings (SSSR count). The smallest absolute Gasteiger partial charge is 0.354 e. The van der Waals surface area contributed by atoms with E-state index in [0.717, 1.165) is 0 Å². The molecular weight excluding hydrogens is 294 g/mol. The predicted molar refractivity (Wildman–Crippen MR) is 87.2 cm³/mol. The number of anilines is 1. The molecule has 0 aliphatic rings. The molecule has 0 heterocycles. The first-order chi connectivity index (χ1) is 11.1. The number of phenolic OH excluding ortho intramolecular Hbond substituents is 1. The molecule has 2 aromatic rings. The first-order valence-electron chi connectivity index (χ1n) is 7.14. The number of hydrogen-bond acceptors (Lipinski definition) is 5. The Kier molecular flexibility index (Phi) is 5.52. The average molecular weight is 311 g/mol. The summed E-state index contributed by atoms with van der Waals surface area (Å²) in [6.07, 6.45) is 1.19. The number of esters is 1. The zero-order valence-electron chi connectivity index (χ0n) is 12.7. The maximum absolute atomic E-state index is 12.3. The number of aromatic hydroxyl groups is 1. The summed E-state index contributed by atoms with van der Waals surface area (Å²) in [5.74, 6) is -0.904. The maximum atomic E-state index is 12.3. The molecule has 2 N–H and O–H groups in total. The number of hydrogen-bond donors (Lipinski definition) is 2. The Morgan fingerprint density at radius 2 is 1.74 bits per heavy atom. The Labute approximate surface area is 134 Å². The van der Waals surface area contributed by atoms with Crippen LogP contribution in [0, 0.1) is 0 Å². The summed E-state index contributed by atoms with van der Waals surface area (Å²) in [5.41, 5.74) is 1.08.